The molecule has 0 aromatic rings. The van der Waals surface area contributed by atoms with E-state index in [2.05, 4.69) is 26.7 Å². The van der Waals surface area contributed by atoms with Gasteiger partial charge in [0.15, 0.2) is 0 Å². The van der Waals surface area contributed by atoms with Gasteiger partial charge in [-0.1, -0.05) is 37.3 Å². The van der Waals surface area contributed by atoms with Crippen LogP contribution < -0.4 is 0 Å². The maximum absolute atomic E-state index is 3.66. The van der Waals surface area contributed by atoms with E-state index in [0.29, 0.717) is 0 Å². The van der Waals surface area contributed by atoms with Crippen LogP contribution >= 0.6 is 0 Å². The molecule has 0 amide bonds. The highest BCUT2D eigenvalue weighted by Crippen LogP contribution is 1.98. The van der Waals surface area contributed by atoms with Gasteiger partial charge in [0.05, 0.1) is 0 Å². The third kappa shape index (κ3) is 15.7. The van der Waals surface area contributed by atoms with Gasteiger partial charge in [0.25, 0.3) is 0 Å². The summed E-state index contributed by atoms with van der Waals surface area (Å²) in [7, 11) is 0. The second-order valence-electron chi connectivity index (χ2n) is 2.26. The summed E-state index contributed by atoms with van der Waals surface area (Å²) in [6.07, 6.45) is 2.96. The van der Waals surface area contributed by atoms with Crippen molar-refractivity contribution in [1.82, 2.24) is 0 Å². The Bertz CT molecular complexity index is 106. The Morgan fingerprint density at radius 3 is 1.40 bits per heavy atom. The predicted octanol–water partition coefficient (Wildman–Crippen LogP) is 3.72. The largest absolute Gasteiger partial charge is 0.103 e. The van der Waals surface area contributed by atoms with Crippen LogP contribution in [0, 0.1) is 0 Å². The van der Waals surface area contributed by atoms with Crippen molar-refractivity contribution >= 4 is 0 Å². The fraction of sp³-hybridized carbons (Fsp3) is 0.400. The van der Waals surface area contributed by atoms with Crippen LogP contribution in [0.15, 0.2) is 37.0 Å². The molecular weight excluding hydrogens is 120 g/mol. The maximum Gasteiger partial charge on any atom is -0.0382 e. The van der Waals surface area contributed by atoms with Gasteiger partial charge in [-0.3, -0.25) is 0 Å². The summed E-state index contributed by atoms with van der Waals surface area (Å²) in [5.74, 6) is 0. The average molecular weight is 138 g/mol. The van der Waals surface area contributed by atoms with Gasteiger partial charge in [0.2, 0.25) is 0 Å². The number of hydrogen-bond acceptors (Lipinski definition) is 0. The molecule has 0 aliphatic rings. The average Bonchev–Trinajstić information content (AvgIpc) is 1.89. The van der Waals surface area contributed by atoms with Crippen LogP contribution in [0.1, 0.15) is 27.2 Å². The molecule has 0 bridgehead atoms. The molecule has 0 aliphatic heterocycles. The molecule has 0 aromatic carbocycles. The first kappa shape index (κ1) is 12.0. The first-order valence-electron chi connectivity index (χ1n) is 3.48. The fourth-order valence-corrected chi connectivity index (χ4v) is 0. The van der Waals surface area contributed by atoms with Crippen molar-refractivity contribution < 1.29 is 0 Å². The minimum Gasteiger partial charge on any atom is -0.103 e. The van der Waals surface area contributed by atoms with Crippen LogP contribution in [0.4, 0.5) is 0 Å². The smallest absolute Gasteiger partial charge is 0.0382 e. The summed E-state index contributed by atoms with van der Waals surface area (Å²) in [5, 5.41) is 0. The molecule has 58 valence electrons. The third-order valence-corrected chi connectivity index (χ3v) is 1.02. The fourth-order valence-electron chi connectivity index (χ4n) is 0. The molecule has 0 atom stereocenters. The standard InChI is InChI=1S/C6H10.C4H8/c1-5(2)6(3)4;1-3-4-2/h1,3H2,2,4H3;3H,1,4H2,2H3. The molecule has 0 nitrogen and oxygen atoms in total. The molecule has 0 heteroatoms. The molecule has 0 saturated heterocycles. The summed E-state index contributed by atoms with van der Waals surface area (Å²) in [6.45, 7) is 16.7. The van der Waals surface area contributed by atoms with Gasteiger partial charge in [-0.05, 0) is 20.3 Å². The summed E-state index contributed by atoms with van der Waals surface area (Å²) in [4.78, 5) is 0. The van der Waals surface area contributed by atoms with Crippen LogP contribution in [0.25, 0.3) is 0 Å². The second kappa shape index (κ2) is 8.22. The zero-order valence-corrected chi connectivity index (χ0v) is 7.41. The predicted molar refractivity (Wildman–Crippen MR) is 50.1 cm³/mol. The van der Waals surface area contributed by atoms with Gasteiger partial charge >= 0.3 is 0 Å². The van der Waals surface area contributed by atoms with Gasteiger partial charge in [-0.25, -0.2) is 0 Å². The third-order valence-electron chi connectivity index (χ3n) is 1.02. The Morgan fingerprint density at radius 1 is 1.20 bits per heavy atom. The van der Waals surface area contributed by atoms with E-state index in [-0.39, 0.29) is 0 Å². The highest BCUT2D eigenvalue weighted by molar-refractivity contribution is 5.19. The minimum absolute atomic E-state index is 1.06. The van der Waals surface area contributed by atoms with Crippen molar-refractivity contribution in [3.8, 4) is 0 Å². The van der Waals surface area contributed by atoms with Crippen molar-refractivity contribution in [2.24, 2.45) is 0 Å². The van der Waals surface area contributed by atoms with E-state index in [1.165, 1.54) is 0 Å². The molecule has 0 heterocycles. The molecular formula is C10H18. The van der Waals surface area contributed by atoms with Crippen molar-refractivity contribution in [3.05, 3.63) is 37.0 Å². The van der Waals surface area contributed by atoms with E-state index in [1.54, 1.807) is 0 Å². The van der Waals surface area contributed by atoms with Gasteiger partial charge in [0, 0.05) is 0 Å². The number of allylic oxidation sites excluding steroid dienone is 3. The Labute approximate surface area is 65.0 Å². The first-order chi connectivity index (χ1) is 4.56. The summed E-state index contributed by atoms with van der Waals surface area (Å²) >= 11 is 0. The Kier molecular flexibility index (Phi) is 9.82. The van der Waals surface area contributed by atoms with Crippen LogP contribution in [0.2, 0.25) is 0 Å². The van der Waals surface area contributed by atoms with Crippen molar-refractivity contribution in [3.63, 3.8) is 0 Å². The van der Waals surface area contributed by atoms with Crippen molar-refractivity contribution in [1.29, 1.82) is 0 Å². The SMILES string of the molecule is C=C(C)C(=C)C.C=CCC. The second-order valence-corrected chi connectivity index (χ2v) is 2.26. The Morgan fingerprint density at radius 2 is 1.40 bits per heavy atom. The molecule has 0 saturated carbocycles. The maximum atomic E-state index is 3.66. The molecule has 0 radical (unpaired) electrons. The number of rotatable bonds is 2. The van der Waals surface area contributed by atoms with E-state index in [4.69, 9.17) is 0 Å². The molecule has 0 aliphatic carbocycles. The van der Waals surface area contributed by atoms with Crippen LogP contribution in [-0.2, 0) is 0 Å². The van der Waals surface area contributed by atoms with E-state index in [9.17, 15) is 0 Å². The lowest BCUT2D eigenvalue weighted by molar-refractivity contribution is 1.23. The summed E-state index contributed by atoms with van der Waals surface area (Å²) in [5.41, 5.74) is 2.13. The molecule has 0 unspecified atom stereocenters. The van der Waals surface area contributed by atoms with E-state index in [1.807, 2.05) is 19.9 Å². The molecule has 10 heavy (non-hydrogen) atoms. The quantitative estimate of drug-likeness (QED) is 0.403. The van der Waals surface area contributed by atoms with Gasteiger partial charge in [0.1, 0.15) is 0 Å². The molecule has 0 aromatic heterocycles. The van der Waals surface area contributed by atoms with Gasteiger partial charge < -0.3 is 0 Å². The minimum atomic E-state index is 1.06. The normalized spacial score (nSPS) is 7.10. The van der Waals surface area contributed by atoms with Crippen LogP contribution in [0.5, 0.6) is 0 Å². The summed E-state index contributed by atoms with van der Waals surface area (Å²) < 4.78 is 0. The molecule has 0 fully saturated rings. The van der Waals surface area contributed by atoms with E-state index >= 15 is 0 Å². The van der Waals surface area contributed by atoms with Crippen molar-refractivity contribution in [2.45, 2.75) is 27.2 Å². The molecule has 0 rings (SSSR count). The van der Waals surface area contributed by atoms with E-state index < -0.39 is 0 Å². The Hall–Kier alpha value is -0.780. The topological polar surface area (TPSA) is 0 Å². The van der Waals surface area contributed by atoms with Crippen LogP contribution in [0.3, 0.4) is 0 Å². The van der Waals surface area contributed by atoms with Crippen molar-refractivity contribution in [2.75, 3.05) is 0 Å². The lowest BCUT2D eigenvalue weighted by Gasteiger charge is -1.88. The van der Waals surface area contributed by atoms with Gasteiger partial charge in [-0.2, -0.15) is 0 Å². The molecule has 0 spiro atoms. The monoisotopic (exact) mass is 138 g/mol. The Balaban J connectivity index is 0. The first-order valence-corrected chi connectivity index (χ1v) is 3.48. The highest BCUT2D eigenvalue weighted by Gasteiger charge is 1.77. The summed E-state index contributed by atoms with van der Waals surface area (Å²) in [6, 6.07) is 0. The zero-order chi connectivity index (χ0) is 8.57. The van der Waals surface area contributed by atoms with Gasteiger partial charge in [-0.15, -0.1) is 6.58 Å². The van der Waals surface area contributed by atoms with Crippen LogP contribution in [-0.4, -0.2) is 0 Å². The zero-order valence-electron chi connectivity index (χ0n) is 7.41. The highest BCUT2D eigenvalue weighted by atomic mass is 13.8. The van der Waals surface area contributed by atoms with E-state index in [0.717, 1.165) is 17.6 Å². The number of hydrogen-bond donors (Lipinski definition) is 0. The lowest BCUT2D eigenvalue weighted by atomic mass is 10.2. The lowest BCUT2D eigenvalue weighted by Crippen LogP contribution is -1.67. The molecule has 0 N–H and O–H groups in total.